The molecule has 0 radical (unpaired) electrons. The summed E-state index contributed by atoms with van der Waals surface area (Å²) >= 11 is 0. The van der Waals surface area contributed by atoms with Crippen LogP contribution in [0.25, 0.3) is 0 Å². The summed E-state index contributed by atoms with van der Waals surface area (Å²) in [7, 11) is 0. The molecule has 0 unspecified atom stereocenters. The highest BCUT2D eigenvalue weighted by atomic mass is 19.3. The van der Waals surface area contributed by atoms with Gasteiger partial charge in [-0.25, -0.2) is 4.79 Å². The monoisotopic (exact) mass is 314 g/mol. The Morgan fingerprint density at radius 2 is 2.23 bits per heavy atom. The maximum atomic E-state index is 12.4. The number of anilines is 1. The topological polar surface area (TPSA) is 50.8 Å². The molecule has 0 saturated carbocycles. The lowest BCUT2D eigenvalue weighted by Crippen LogP contribution is -2.45. The van der Waals surface area contributed by atoms with Crippen LogP contribution >= 0.6 is 0 Å². The first-order chi connectivity index (χ1) is 10.6. The number of alkyl halides is 2. The number of piperidine rings is 1. The lowest BCUT2D eigenvalue weighted by Gasteiger charge is -2.32. The van der Waals surface area contributed by atoms with E-state index in [2.05, 4.69) is 10.1 Å². The molecule has 1 aromatic rings. The molecule has 1 aliphatic heterocycles. The molecule has 1 fully saturated rings. The lowest BCUT2D eigenvalue weighted by molar-refractivity contribution is -0.0493. The summed E-state index contributed by atoms with van der Waals surface area (Å²) < 4.78 is 34.7. The third-order valence-electron chi connectivity index (χ3n) is 3.41. The average molecular weight is 314 g/mol. The van der Waals surface area contributed by atoms with Crippen LogP contribution in [0.15, 0.2) is 24.3 Å². The number of amides is 2. The quantitative estimate of drug-likeness (QED) is 0.907. The number of nitrogens with one attached hydrogen (secondary N) is 1. The number of carbonyl (C=O) groups is 1. The van der Waals surface area contributed by atoms with Gasteiger partial charge in [-0.1, -0.05) is 12.1 Å². The van der Waals surface area contributed by atoms with E-state index >= 15 is 0 Å². The van der Waals surface area contributed by atoms with Crippen LogP contribution in [-0.2, 0) is 4.74 Å². The van der Waals surface area contributed by atoms with Gasteiger partial charge in [0.25, 0.3) is 0 Å². The van der Waals surface area contributed by atoms with Crippen LogP contribution in [0.3, 0.4) is 0 Å². The Kier molecular flexibility index (Phi) is 5.94. The van der Waals surface area contributed by atoms with Crippen molar-refractivity contribution in [2.75, 3.05) is 25.0 Å². The Labute approximate surface area is 128 Å². The maximum absolute atomic E-state index is 12.4. The second-order valence-corrected chi connectivity index (χ2v) is 4.97. The van der Waals surface area contributed by atoms with Crippen LogP contribution < -0.4 is 10.1 Å². The Hall–Kier alpha value is -1.89. The molecule has 2 amide bonds. The van der Waals surface area contributed by atoms with Crippen molar-refractivity contribution in [1.82, 2.24) is 4.90 Å². The van der Waals surface area contributed by atoms with Crippen molar-refractivity contribution in [3.63, 3.8) is 0 Å². The maximum Gasteiger partial charge on any atom is 0.387 e. The summed E-state index contributed by atoms with van der Waals surface area (Å²) in [5, 5.41) is 2.62. The van der Waals surface area contributed by atoms with Gasteiger partial charge in [0.1, 0.15) is 5.75 Å². The van der Waals surface area contributed by atoms with E-state index in [0.29, 0.717) is 19.7 Å². The number of urea groups is 1. The second-order valence-electron chi connectivity index (χ2n) is 4.97. The van der Waals surface area contributed by atoms with Crippen LogP contribution in [0, 0.1) is 0 Å². The molecule has 0 aliphatic carbocycles. The van der Waals surface area contributed by atoms with Crippen molar-refractivity contribution >= 4 is 11.7 Å². The van der Waals surface area contributed by atoms with Gasteiger partial charge in [-0.3, -0.25) is 0 Å². The molecular formula is C15H20F2N2O3. The number of halogens is 2. The smallest absolute Gasteiger partial charge is 0.387 e. The number of nitrogens with zero attached hydrogens (tertiary/aromatic N) is 1. The van der Waals surface area contributed by atoms with Gasteiger partial charge in [0.15, 0.2) is 0 Å². The van der Waals surface area contributed by atoms with E-state index in [1.165, 1.54) is 12.1 Å². The first kappa shape index (κ1) is 16.5. The number of rotatable bonds is 5. The van der Waals surface area contributed by atoms with Gasteiger partial charge in [-0.15, -0.1) is 0 Å². The zero-order valence-electron chi connectivity index (χ0n) is 12.4. The predicted molar refractivity (Wildman–Crippen MR) is 78.3 cm³/mol. The summed E-state index contributed by atoms with van der Waals surface area (Å²) in [4.78, 5) is 13.9. The highest BCUT2D eigenvalue weighted by Gasteiger charge is 2.24. The molecule has 2 rings (SSSR count). The molecule has 5 nitrogen and oxygen atoms in total. The van der Waals surface area contributed by atoms with Crippen molar-refractivity contribution in [1.29, 1.82) is 0 Å². The summed E-state index contributed by atoms with van der Waals surface area (Å²) in [6.07, 6.45) is 1.80. The number of likely N-dealkylation sites (tertiary alicyclic amines) is 1. The van der Waals surface area contributed by atoms with Crippen molar-refractivity contribution in [2.45, 2.75) is 32.5 Å². The molecule has 22 heavy (non-hydrogen) atoms. The predicted octanol–water partition coefficient (Wildman–Crippen LogP) is 3.32. The number of ether oxygens (including phenoxy) is 2. The highest BCUT2D eigenvalue weighted by molar-refractivity contribution is 5.91. The zero-order chi connectivity index (χ0) is 15.9. The Morgan fingerprint density at radius 1 is 1.45 bits per heavy atom. The first-order valence-corrected chi connectivity index (χ1v) is 7.31. The second kappa shape index (κ2) is 7.93. The number of hydrogen-bond donors (Lipinski definition) is 1. The molecule has 1 atom stereocenters. The molecule has 0 bridgehead atoms. The van der Waals surface area contributed by atoms with E-state index in [1.54, 1.807) is 17.0 Å². The van der Waals surface area contributed by atoms with Crippen molar-refractivity contribution in [3.05, 3.63) is 24.3 Å². The van der Waals surface area contributed by atoms with E-state index in [-0.39, 0.29) is 23.6 Å². The van der Waals surface area contributed by atoms with Crippen molar-refractivity contribution < 1.29 is 23.0 Å². The minimum absolute atomic E-state index is 0.0251. The number of para-hydroxylation sites is 2. The molecule has 7 heteroatoms. The summed E-state index contributed by atoms with van der Waals surface area (Å²) in [5.41, 5.74) is 0.228. The molecule has 1 aliphatic rings. The van der Waals surface area contributed by atoms with Crippen LogP contribution in [0.5, 0.6) is 5.75 Å². The van der Waals surface area contributed by atoms with Gasteiger partial charge in [0, 0.05) is 19.7 Å². The molecule has 1 heterocycles. The van der Waals surface area contributed by atoms with Gasteiger partial charge >= 0.3 is 12.6 Å². The summed E-state index contributed by atoms with van der Waals surface area (Å²) in [6.45, 7) is 0.697. The van der Waals surface area contributed by atoms with Crippen molar-refractivity contribution in [3.8, 4) is 5.75 Å². The van der Waals surface area contributed by atoms with E-state index in [1.807, 2.05) is 6.92 Å². The van der Waals surface area contributed by atoms with Gasteiger partial charge in [0.05, 0.1) is 11.8 Å². The van der Waals surface area contributed by atoms with Crippen LogP contribution in [-0.4, -0.2) is 43.3 Å². The molecule has 0 aromatic heterocycles. The fourth-order valence-corrected chi connectivity index (χ4v) is 2.46. The van der Waals surface area contributed by atoms with E-state index in [4.69, 9.17) is 4.74 Å². The number of hydrogen-bond acceptors (Lipinski definition) is 3. The molecular weight excluding hydrogens is 294 g/mol. The summed E-state index contributed by atoms with van der Waals surface area (Å²) in [5.74, 6) is -0.0517. The Balaban J connectivity index is 1.99. The van der Waals surface area contributed by atoms with Gasteiger partial charge in [-0.2, -0.15) is 8.78 Å². The fourth-order valence-electron chi connectivity index (χ4n) is 2.46. The Bertz CT molecular complexity index is 497. The minimum Gasteiger partial charge on any atom is -0.433 e. The summed E-state index contributed by atoms with van der Waals surface area (Å²) in [6, 6.07) is 5.79. The van der Waals surface area contributed by atoms with Crippen molar-refractivity contribution in [2.24, 2.45) is 0 Å². The third kappa shape index (κ3) is 4.56. The number of carbonyl (C=O) groups excluding carboxylic acids is 1. The van der Waals surface area contributed by atoms with Gasteiger partial charge in [-0.05, 0) is 31.9 Å². The van der Waals surface area contributed by atoms with Gasteiger partial charge in [0.2, 0.25) is 0 Å². The van der Waals surface area contributed by atoms with E-state index in [9.17, 15) is 13.6 Å². The molecule has 1 N–H and O–H groups in total. The molecule has 1 aromatic carbocycles. The third-order valence-corrected chi connectivity index (χ3v) is 3.41. The standard InChI is InChI=1S/C15H20F2N2O3/c1-2-21-11-6-5-9-19(10-11)15(20)18-12-7-3-4-8-13(12)22-14(16)17/h3-4,7-8,11,14H,2,5-6,9-10H2,1H3,(H,18,20)/t11-/m1/s1. The van der Waals surface area contributed by atoms with E-state index < -0.39 is 6.61 Å². The number of benzene rings is 1. The molecule has 1 saturated heterocycles. The first-order valence-electron chi connectivity index (χ1n) is 7.31. The Morgan fingerprint density at radius 3 is 2.95 bits per heavy atom. The highest BCUT2D eigenvalue weighted by Crippen LogP contribution is 2.26. The normalized spacial score (nSPS) is 18.4. The van der Waals surface area contributed by atoms with Gasteiger partial charge < -0.3 is 19.7 Å². The average Bonchev–Trinajstić information content (AvgIpc) is 2.49. The lowest BCUT2D eigenvalue weighted by atomic mass is 10.1. The van der Waals surface area contributed by atoms with E-state index in [0.717, 1.165) is 12.8 Å². The van der Waals surface area contributed by atoms with Crippen LogP contribution in [0.1, 0.15) is 19.8 Å². The zero-order valence-corrected chi connectivity index (χ0v) is 12.4. The minimum atomic E-state index is -2.93. The largest absolute Gasteiger partial charge is 0.433 e. The molecule has 0 spiro atoms. The van der Waals surface area contributed by atoms with Crippen LogP contribution in [0.2, 0.25) is 0 Å². The fraction of sp³-hybridized carbons (Fsp3) is 0.533. The van der Waals surface area contributed by atoms with Crippen LogP contribution in [0.4, 0.5) is 19.3 Å². The SMILES string of the molecule is CCO[C@@H]1CCCN(C(=O)Nc2ccccc2OC(F)F)C1. The molecule has 122 valence electrons.